The van der Waals surface area contributed by atoms with Crippen molar-refractivity contribution in [2.75, 3.05) is 0 Å². The van der Waals surface area contributed by atoms with Crippen molar-refractivity contribution in [1.82, 2.24) is 0 Å². The molecule has 0 aliphatic carbocycles. The second-order valence-electron chi connectivity index (χ2n) is 3.77. The molecule has 2 aromatic carbocycles. The predicted octanol–water partition coefficient (Wildman–Crippen LogP) is 2.60. The SMILES string of the molecule is O=C(O)c1cc(O)cc(-c2cc(O)cc(F)c2)c1. The van der Waals surface area contributed by atoms with Crippen molar-refractivity contribution in [2.45, 2.75) is 0 Å². The minimum absolute atomic E-state index is 0.117. The van der Waals surface area contributed by atoms with Crippen LogP contribution in [0.3, 0.4) is 0 Å². The van der Waals surface area contributed by atoms with Gasteiger partial charge in [-0.3, -0.25) is 0 Å². The summed E-state index contributed by atoms with van der Waals surface area (Å²) in [5, 5.41) is 27.6. The highest BCUT2D eigenvalue weighted by Gasteiger charge is 2.09. The van der Waals surface area contributed by atoms with E-state index in [1.165, 1.54) is 18.2 Å². The van der Waals surface area contributed by atoms with Crippen molar-refractivity contribution >= 4 is 5.97 Å². The Labute approximate surface area is 102 Å². The lowest BCUT2D eigenvalue weighted by molar-refractivity contribution is 0.0696. The van der Waals surface area contributed by atoms with Gasteiger partial charge < -0.3 is 15.3 Å². The maximum Gasteiger partial charge on any atom is 0.335 e. The number of aromatic hydroxyl groups is 2. The fraction of sp³-hybridized carbons (Fsp3) is 0. The number of carboxylic acid groups (broad SMARTS) is 1. The quantitative estimate of drug-likeness (QED) is 0.763. The molecule has 0 fully saturated rings. The summed E-state index contributed by atoms with van der Waals surface area (Å²) >= 11 is 0. The van der Waals surface area contributed by atoms with Crippen molar-refractivity contribution < 1.29 is 24.5 Å². The van der Waals surface area contributed by atoms with Gasteiger partial charge in [0, 0.05) is 6.07 Å². The van der Waals surface area contributed by atoms with Crippen LogP contribution in [0.1, 0.15) is 10.4 Å². The number of halogens is 1. The van der Waals surface area contributed by atoms with Gasteiger partial charge in [0.2, 0.25) is 0 Å². The molecule has 2 rings (SSSR count). The zero-order chi connectivity index (χ0) is 13.3. The van der Waals surface area contributed by atoms with Gasteiger partial charge >= 0.3 is 5.97 Å². The van der Waals surface area contributed by atoms with Crippen LogP contribution in [0.2, 0.25) is 0 Å². The first kappa shape index (κ1) is 11.9. The monoisotopic (exact) mass is 248 g/mol. The highest BCUT2D eigenvalue weighted by atomic mass is 19.1. The van der Waals surface area contributed by atoms with Gasteiger partial charge in [-0.05, 0) is 41.5 Å². The second kappa shape index (κ2) is 4.37. The van der Waals surface area contributed by atoms with Crippen LogP contribution in [0.15, 0.2) is 36.4 Å². The number of carboxylic acids is 1. The lowest BCUT2D eigenvalue weighted by Gasteiger charge is -2.05. The fourth-order valence-electron chi connectivity index (χ4n) is 1.64. The van der Waals surface area contributed by atoms with Crippen LogP contribution in [-0.4, -0.2) is 21.3 Å². The van der Waals surface area contributed by atoms with E-state index in [2.05, 4.69) is 0 Å². The third-order valence-electron chi connectivity index (χ3n) is 2.38. The van der Waals surface area contributed by atoms with Crippen LogP contribution >= 0.6 is 0 Å². The molecule has 0 amide bonds. The lowest BCUT2D eigenvalue weighted by atomic mass is 10.0. The Hall–Kier alpha value is -2.56. The first-order valence-electron chi connectivity index (χ1n) is 5.03. The van der Waals surface area contributed by atoms with Crippen LogP contribution in [0.4, 0.5) is 4.39 Å². The smallest absolute Gasteiger partial charge is 0.335 e. The Morgan fingerprint density at radius 1 is 0.889 bits per heavy atom. The number of benzene rings is 2. The van der Waals surface area contributed by atoms with E-state index < -0.39 is 11.8 Å². The predicted molar refractivity (Wildman–Crippen MR) is 62.1 cm³/mol. The number of aromatic carboxylic acids is 1. The van der Waals surface area contributed by atoms with E-state index in [0.717, 1.165) is 18.2 Å². The molecule has 0 radical (unpaired) electrons. The summed E-state index contributed by atoms with van der Waals surface area (Å²) in [5.41, 5.74) is 0.474. The van der Waals surface area contributed by atoms with Gasteiger partial charge in [0.15, 0.2) is 0 Å². The molecule has 0 atom stereocenters. The molecule has 0 aliphatic heterocycles. The minimum Gasteiger partial charge on any atom is -0.508 e. The maximum atomic E-state index is 13.1. The molecule has 0 aliphatic rings. The molecule has 4 nitrogen and oxygen atoms in total. The highest BCUT2D eigenvalue weighted by Crippen LogP contribution is 2.28. The normalized spacial score (nSPS) is 10.3. The summed E-state index contributed by atoms with van der Waals surface area (Å²) in [6, 6.07) is 7.02. The van der Waals surface area contributed by atoms with Crippen LogP contribution in [0, 0.1) is 5.82 Å². The van der Waals surface area contributed by atoms with Gasteiger partial charge in [-0.25, -0.2) is 9.18 Å². The van der Waals surface area contributed by atoms with Gasteiger partial charge in [0.25, 0.3) is 0 Å². The molecule has 0 saturated carbocycles. The first-order valence-corrected chi connectivity index (χ1v) is 5.03. The summed E-state index contributed by atoms with van der Waals surface area (Å²) in [5.74, 6) is -2.36. The van der Waals surface area contributed by atoms with Gasteiger partial charge in [-0.15, -0.1) is 0 Å². The zero-order valence-electron chi connectivity index (χ0n) is 9.09. The third kappa shape index (κ3) is 2.40. The number of hydrogen-bond acceptors (Lipinski definition) is 3. The first-order chi connectivity index (χ1) is 8.45. The molecule has 0 spiro atoms. The molecule has 0 heterocycles. The highest BCUT2D eigenvalue weighted by molar-refractivity contribution is 5.90. The number of phenolic OH excluding ortho intramolecular Hbond substituents is 2. The molecule has 92 valence electrons. The molecule has 5 heteroatoms. The summed E-state index contributed by atoms with van der Waals surface area (Å²) in [6.45, 7) is 0. The van der Waals surface area contributed by atoms with E-state index in [-0.39, 0.29) is 22.6 Å². The third-order valence-corrected chi connectivity index (χ3v) is 2.38. The average molecular weight is 248 g/mol. The number of phenols is 2. The molecular formula is C13H9FO4. The molecule has 3 N–H and O–H groups in total. The van der Waals surface area contributed by atoms with Crippen LogP contribution in [0.25, 0.3) is 11.1 Å². The van der Waals surface area contributed by atoms with Gasteiger partial charge in [-0.2, -0.15) is 0 Å². The molecule has 18 heavy (non-hydrogen) atoms. The number of hydrogen-bond donors (Lipinski definition) is 3. The Kier molecular flexibility index (Phi) is 2.89. The molecule has 0 aromatic heterocycles. The van der Waals surface area contributed by atoms with E-state index >= 15 is 0 Å². The van der Waals surface area contributed by atoms with Crippen molar-refractivity contribution in [3.8, 4) is 22.6 Å². The summed E-state index contributed by atoms with van der Waals surface area (Å²) < 4.78 is 13.1. The summed E-state index contributed by atoms with van der Waals surface area (Å²) in [4.78, 5) is 10.8. The Morgan fingerprint density at radius 2 is 1.44 bits per heavy atom. The van der Waals surface area contributed by atoms with Crippen LogP contribution in [0.5, 0.6) is 11.5 Å². The standard InChI is InChI=1S/C13H9FO4/c14-10-2-8(4-12(16)6-10)7-1-9(13(17)18)5-11(15)3-7/h1-6,15-16H,(H,17,18). The van der Waals surface area contributed by atoms with E-state index in [0.29, 0.717) is 5.56 Å². The largest absolute Gasteiger partial charge is 0.508 e. The topological polar surface area (TPSA) is 77.8 Å². The molecular weight excluding hydrogens is 239 g/mol. The van der Waals surface area contributed by atoms with E-state index in [1.807, 2.05) is 0 Å². The Bertz CT molecular complexity index is 602. The fourth-order valence-corrected chi connectivity index (χ4v) is 1.64. The van der Waals surface area contributed by atoms with Crippen molar-refractivity contribution in [3.63, 3.8) is 0 Å². The molecule has 0 saturated heterocycles. The Morgan fingerprint density at radius 3 is 2.00 bits per heavy atom. The molecule has 0 unspecified atom stereocenters. The second-order valence-corrected chi connectivity index (χ2v) is 3.77. The van der Waals surface area contributed by atoms with Crippen LogP contribution < -0.4 is 0 Å². The summed E-state index contributed by atoms with van der Waals surface area (Å²) in [7, 11) is 0. The van der Waals surface area contributed by atoms with E-state index in [4.69, 9.17) is 5.11 Å². The average Bonchev–Trinajstić information content (AvgIpc) is 2.26. The maximum absolute atomic E-state index is 13.1. The Balaban J connectivity index is 2.59. The number of carbonyl (C=O) groups is 1. The van der Waals surface area contributed by atoms with Gasteiger partial charge in [0.1, 0.15) is 17.3 Å². The van der Waals surface area contributed by atoms with E-state index in [1.54, 1.807) is 0 Å². The minimum atomic E-state index is -1.20. The number of rotatable bonds is 2. The van der Waals surface area contributed by atoms with E-state index in [9.17, 15) is 19.4 Å². The van der Waals surface area contributed by atoms with Crippen LogP contribution in [-0.2, 0) is 0 Å². The molecule has 0 bridgehead atoms. The van der Waals surface area contributed by atoms with Crippen molar-refractivity contribution in [1.29, 1.82) is 0 Å². The van der Waals surface area contributed by atoms with Crippen molar-refractivity contribution in [2.24, 2.45) is 0 Å². The lowest BCUT2D eigenvalue weighted by Crippen LogP contribution is -1.96. The molecule has 2 aromatic rings. The van der Waals surface area contributed by atoms with Gasteiger partial charge in [0.05, 0.1) is 5.56 Å². The summed E-state index contributed by atoms with van der Waals surface area (Å²) in [6.07, 6.45) is 0. The van der Waals surface area contributed by atoms with Crippen molar-refractivity contribution in [3.05, 3.63) is 47.8 Å². The van der Waals surface area contributed by atoms with Gasteiger partial charge in [-0.1, -0.05) is 0 Å². The zero-order valence-corrected chi connectivity index (χ0v) is 9.09.